The molecule has 4 aromatic carbocycles. The second-order valence-electron chi connectivity index (χ2n) is 30.4. The average Bonchev–Trinajstić information content (AvgIpc) is 0.766. The monoisotopic (exact) mass is 1290 g/mol. The van der Waals surface area contributed by atoms with Crippen LogP contribution in [-0.4, -0.2) is 119 Å². The van der Waals surface area contributed by atoms with E-state index in [9.17, 15) is 4.79 Å². The van der Waals surface area contributed by atoms with Crippen LogP contribution in [0.3, 0.4) is 0 Å². The lowest BCUT2D eigenvalue weighted by atomic mass is 9.76. The van der Waals surface area contributed by atoms with Crippen LogP contribution in [0.5, 0.6) is 5.75 Å². The van der Waals surface area contributed by atoms with E-state index in [1.807, 2.05) is 63.2 Å². The van der Waals surface area contributed by atoms with Crippen molar-refractivity contribution in [3.63, 3.8) is 0 Å². The fourth-order valence-electron chi connectivity index (χ4n) is 12.8. The van der Waals surface area contributed by atoms with Gasteiger partial charge >= 0.3 is 0 Å². The molecular formula is C75H114O12Si3. The highest BCUT2D eigenvalue weighted by atomic mass is 28.4. The fourth-order valence-corrected chi connectivity index (χ4v) is 20.1. The summed E-state index contributed by atoms with van der Waals surface area (Å²) < 4.78 is 74.6. The zero-order valence-corrected chi connectivity index (χ0v) is 61.3. The van der Waals surface area contributed by atoms with E-state index >= 15 is 0 Å². The lowest BCUT2D eigenvalue weighted by molar-refractivity contribution is -0.285. The number of carbonyl (C=O) groups is 1. The number of carbonyl (C=O) groups excluding carboxylic acids is 1. The predicted molar refractivity (Wildman–Crippen MR) is 371 cm³/mol. The van der Waals surface area contributed by atoms with E-state index in [2.05, 4.69) is 180 Å². The maximum Gasteiger partial charge on any atom is 0.261 e. The normalized spacial score (nSPS) is 23.8. The topological polar surface area (TPSA) is 119 Å². The van der Waals surface area contributed by atoms with Gasteiger partial charge in [0, 0.05) is 44.5 Å². The van der Waals surface area contributed by atoms with Gasteiger partial charge in [-0.25, -0.2) is 0 Å². The van der Waals surface area contributed by atoms with Gasteiger partial charge in [0.2, 0.25) is 5.79 Å². The van der Waals surface area contributed by atoms with Gasteiger partial charge in [0.05, 0.1) is 69.2 Å². The molecule has 0 unspecified atom stereocenters. The van der Waals surface area contributed by atoms with Gasteiger partial charge in [-0.3, -0.25) is 4.79 Å². The van der Waals surface area contributed by atoms with Gasteiger partial charge in [0.1, 0.15) is 12.5 Å². The zero-order chi connectivity index (χ0) is 65.8. The van der Waals surface area contributed by atoms with Crippen molar-refractivity contribution >= 4 is 41.1 Å². The third-order valence-corrected chi connectivity index (χ3v) is 34.1. The first-order chi connectivity index (χ1) is 42.3. The Bertz CT molecular complexity index is 2820. The van der Waals surface area contributed by atoms with Crippen LogP contribution in [0.1, 0.15) is 158 Å². The van der Waals surface area contributed by atoms with Crippen molar-refractivity contribution in [1.82, 2.24) is 0 Å². The van der Waals surface area contributed by atoms with Crippen molar-refractivity contribution in [2.75, 3.05) is 27.6 Å². The molecule has 3 saturated heterocycles. The minimum atomic E-state index is -2.82. The number of rotatable bonds is 30. The Morgan fingerprint density at radius 2 is 1.26 bits per heavy atom. The average molecular weight is 1290 g/mol. The molecule has 3 aliphatic rings. The minimum Gasteiger partial charge on any atom is -0.497 e. The molecule has 12 nitrogen and oxygen atoms in total. The third-order valence-electron chi connectivity index (χ3n) is 20.0. The molecule has 4 aromatic rings. The van der Waals surface area contributed by atoms with Gasteiger partial charge < -0.3 is 51.2 Å². The maximum absolute atomic E-state index is 14.4. The van der Waals surface area contributed by atoms with E-state index in [4.69, 9.17) is 51.2 Å². The molecule has 15 heteroatoms. The molecule has 0 radical (unpaired) electrons. The van der Waals surface area contributed by atoms with Crippen LogP contribution in [-0.2, 0) is 64.4 Å². The molecule has 0 amide bonds. The van der Waals surface area contributed by atoms with E-state index in [-0.39, 0.29) is 82.6 Å². The van der Waals surface area contributed by atoms with Crippen LogP contribution < -0.4 is 15.1 Å². The number of benzene rings is 4. The van der Waals surface area contributed by atoms with Crippen molar-refractivity contribution in [3.8, 4) is 5.75 Å². The molecule has 90 heavy (non-hydrogen) atoms. The van der Waals surface area contributed by atoms with Gasteiger partial charge in [0.25, 0.3) is 8.32 Å². The molecule has 0 N–H and O–H groups in total. The standard InChI is InChI=1S/C75H114O12Si3/c1-55-45-61(41-43-74(12,13)75(78-15)70(76)40-39-62(85-75)51-69(87-89(18,19)72(6,7)8)56(2)81-54-79-52-57-29-23-20-24-30-57)83-63(46-55)48-65-50-66(86-88(16,17)71(3,4)5)49-64(84-65)47-60(80-53-58-35-37-59(77-14)38-36-58)42-44-82-90(73(9,10)11,67-31-25-21-26-32-67)68-33-27-22-28-34-68/h20-38,41,43,56,60-66,69H,1,39-40,42,44-54H2,2-19H3/b43-41+/t56-,60+,61+,62+,63+,64-,65+,66+,69-,75-/m1/s1. The number of ketones is 1. The SMILES string of the molecule is C=C1C[C@@H](C[C@H]2C[C@@H](O[Si](C)(C)C(C)(C)C)C[C@@H](C[C@H](CCO[Si](c3ccccc3)(c3ccccc3)C(C)(C)C)OCc3ccc(OC)cc3)O2)O[C@@H](/C=C/C(C)(C)[C@]2(OC)O[C@H](C[C@@H](O[Si](C)(C)C(C)(C)C)[C@@H](C)OCOCc3ccccc3)CCC2=O)C1. The summed E-state index contributed by atoms with van der Waals surface area (Å²) in [5, 5.41) is 2.33. The Labute approximate surface area is 546 Å². The van der Waals surface area contributed by atoms with Gasteiger partial charge in [-0.05, 0) is 127 Å². The Balaban J connectivity index is 1.08. The van der Waals surface area contributed by atoms with E-state index < -0.39 is 36.2 Å². The lowest BCUT2D eigenvalue weighted by Gasteiger charge is -2.48. The minimum absolute atomic E-state index is 0.000749. The second kappa shape index (κ2) is 31.5. The molecule has 10 atom stereocenters. The molecule has 0 spiro atoms. The van der Waals surface area contributed by atoms with Crippen molar-refractivity contribution in [3.05, 3.63) is 151 Å². The summed E-state index contributed by atoms with van der Waals surface area (Å²) >= 11 is 0. The summed E-state index contributed by atoms with van der Waals surface area (Å²) in [6.45, 7) is 42.1. The van der Waals surface area contributed by atoms with E-state index in [1.165, 1.54) is 10.4 Å². The Morgan fingerprint density at radius 1 is 0.667 bits per heavy atom. The Hall–Kier alpha value is -3.92. The highest BCUT2D eigenvalue weighted by molar-refractivity contribution is 6.99. The summed E-state index contributed by atoms with van der Waals surface area (Å²) in [6, 6.07) is 39.9. The first-order valence-corrected chi connectivity index (χ1v) is 41.0. The molecule has 7 rings (SSSR count). The maximum atomic E-state index is 14.4. The van der Waals surface area contributed by atoms with Gasteiger partial charge in [-0.1, -0.05) is 204 Å². The molecule has 0 saturated carbocycles. The number of Topliss-reactive ketones (excluding diaryl/α,β-unsaturated/α-hetero) is 1. The zero-order valence-electron chi connectivity index (χ0n) is 58.3. The highest BCUT2D eigenvalue weighted by Gasteiger charge is 2.56. The number of ether oxygens (including phenoxy) is 8. The van der Waals surface area contributed by atoms with Crippen LogP contribution >= 0.6 is 0 Å². The summed E-state index contributed by atoms with van der Waals surface area (Å²) in [7, 11) is -4.01. The Morgan fingerprint density at radius 3 is 1.83 bits per heavy atom. The molecule has 0 aliphatic carbocycles. The van der Waals surface area contributed by atoms with E-state index in [1.54, 1.807) is 14.2 Å². The van der Waals surface area contributed by atoms with Crippen molar-refractivity contribution in [2.24, 2.45) is 5.41 Å². The molecule has 498 valence electrons. The van der Waals surface area contributed by atoms with Gasteiger partial charge in [-0.2, -0.15) is 0 Å². The second-order valence-corrected chi connectivity index (χ2v) is 44.3. The molecule has 3 fully saturated rings. The summed E-state index contributed by atoms with van der Waals surface area (Å²) in [4.78, 5) is 14.4. The number of hydrogen-bond donors (Lipinski definition) is 0. The largest absolute Gasteiger partial charge is 0.497 e. The fraction of sp³-hybridized carbons (Fsp3) is 0.613. The molecule has 0 bridgehead atoms. The Kier molecular flexibility index (Phi) is 25.8. The third kappa shape index (κ3) is 19.2. The van der Waals surface area contributed by atoms with Crippen LogP contribution in [0.4, 0.5) is 0 Å². The van der Waals surface area contributed by atoms with Crippen LogP contribution in [0.2, 0.25) is 41.3 Å². The summed E-state index contributed by atoms with van der Waals surface area (Å²) in [5.41, 5.74) is 2.39. The predicted octanol–water partition coefficient (Wildman–Crippen LogP) is 16.4. The molecule has 3 heterocycles. The van der Waals surface area contributed by atoms with Crippen molar-refractivity contribution in [1.29, 1.82) is 0 Å². The van der Waals surface area contributed by atoms with Crippen molar-refractivity contribution in [2.45, 2.75) is 263 Å². The van der Waals surface area contributed by atoms with E-state index in [0.29, 0.717) is 64.8 Å². The van der Waals surface area contributed by atoms with Gasteiger partial charge in [-0.15, -0.1) is 0 Å². The quantitative estimate of drug-likeness (QED) is 0.0214. The molecule has 0 aromatic heterocycles. The smallest absolute Gasteiger partial charge is 0.261 e. The number of hydrogen-bond acceptors (Lipinski definition) is 12. The van der Waals surface area contributed by atoms with Crippen molar-refractivity contribution < 1.29 is 56.0 Å². The summed E-state index contributed by atoms with van der Waals surface area (Å²) in [5.74, 6) is -0.817. The molecule has 3 aliphatic heterocycles. The number of methoxy groups -OCH3 is 2. The van der Waals surface area contributed by atoms with Crippen LogP contribution in [0, 0.1) is 5.41 Å². The van der Waals surface area contributed by atoms with E-state index in [0.717, 1.165) is 41.7 Å². The summed E-state index contributed by atoms with van der Waals surface area (Å²) in [6.07, 6.45) is 8.67. The van der Waals surface area contributed by atoms with Gasteiger partial charge in [0.15, 0.2) is 22.4 Å². The molecular weight excluding hydrogens is 1180 g/mol. The highest BCUT2D eigenvalue weighted by Crippen LogP contribution is 2.46. The van der Waals surface area contributed by atoms with Crippen LogP contribution in [0.15, 0.2) is 140 Å². The van der Waals surface area contributed by atoms with Crippen LogP contribution in [0.25, 0.3) is 0 Å². The first kappa shape index (κ1) is 73.5. The first-order valence-electron chi connectivity index (χ1n) is 33.3. The lowest BCUT2D eigenvalue weighted by Crippen LogP contribution is -2.66.